The highest BCUT2D eigenvalue weighted by Gasteiger charge is 2.41. The van der Waals surface area contributed by atoms with Crippen LogP contribution in [0.3, 0.4) is 0 Å². The van der Waals surface area contributed by atoms with Crippen molar-refractivity contribution in [3.63, 3.8) is 0 Å². The minimum absolute atomic E-state index is 0.145. The maximum atomic E-state index is 11.8. The van der Waals surface area contributed by atoms with Crippen molar-refractivity contribution >= 4 is 5.91 Å². The van der Waals surface area contributed by atoms with Gasteiger partial charge in [0.2, 0.25) is 5.91 Å². The molecule has 2 heterocycles. The molecule has 2 fully saturated rings. The zero-order chi connectivity index (χ0) is 10.2. The average molecular weight is 196 g/mol. The minimum atomic E-state index is 0.145. The van der Waals surface area contributed by atoms with Gasteiger partial charge in [-0.3, -0.25) is 4.79 Å². The molecule has 1 N–H and O–H groups in total. The Labute approximate surface area is 85.8 Å². The van der Waals surface area contributed by atoms with Crippen LogP contribution in [0.5, 0.6) is 0 Å². The first-order chi connectivity index (χ1) is 6.63. The Kier molecular flexibility index (Phi) is 2.52. The monoisotopic (exact) mass is 196 g/mol. The Hall–Kier alpha value is -0.570. The Morgan fingerprint density at radius 1 is 1.43 bits per heavy atom. The topological polar surface area (TPSA) is 32.3 Å². The smallest absolute Gasteiger partial charge is 0.225 e. The molecule has 1 atom stereocenters. The standard InChI is InChI=1S/C11H20N2O/c1-9(2)10(14)13-7-5-11(8-13)4-3-6-12-11/h9,12H,3-8H2,1-2H3. The van der Waals surface area contributed by atoms with Crippen molar-refractivity contribution in [3.8, 4) is 0 Å². The van der Waals surface area contributed by atoms with Crippen LogP contribution in [0.25, 0.3) is 0 Å². The molecular weight excluding hydrogens is 176 g/mol. The van der Waals surface area contributed by atoms with Gasteiger partial charge in [0.05, 0.1) is 0 Å². The van der Waals surface area contributed by atoms with E-state index in [4.69, 9.17) is 0 Å². The number of likely N-dealkylation sites (tertiary alicyclic amines) is 1. The van der Waals surface area contributed by atoms with Crippen molar-refractivity contribution in [2.45, 2.75) is 38.6 Å². The molecule has 0 saturated carbocycles. The van der Waals surface area contributed by atoms with E-state index in [0.29, 0.717) is 5.91 Å². The van der Waals surface area contributed by atoms with Gasteiger partial charge in [0.25, 0.3) is 0 Å². The van der Waals surface area contributed by atoms with Crippen molar-refractivity contribution in [3.05, 3.63) is 0 Å². The second-order valence-corrected chi connectivity index (χ2v) is 4.98. The Morgan fingerprint density at radius 2 is 2.21 bits per heavy atom. The second kappa shape index (κ2) is 3.54. The molecule has 1 amide bonds. The van der Waals surface area contributed by atoms with Gasteiger partial charge in [-0.1, -0.05) is 13.8 Å². The van der Waals surface area contributed by atoms with Gasteiger partial charge in [-0.15, -0.1) is 0 Å². The quantitative estimate of drug-likeness (QED) is 0.678. The van der Waals surface area contributed by atoms with Crippen molar-refractivity contribution in [2.75, 3.05) is 19.6 Å². The van der Waals surface area contributed by atoms with Crippen LogP contribution in [0, 0.1) is 5.92 Å². The highest BCUT2D eigenvalue weighted by atomic mass is 16.2. The highest BCUT2D eigenvalue weighted by Crippen LogP contribution is 2.30. The van der Waals surface area contributed by atoms with E-state index in [2.05, 4.69) is 5.32 Å². The first kappa shape index (κ1) is 9.97. The molecule has 0 bridgehead atoms. The van der Waals surface area contributed by atoms with Gasteiger partial charge in [0.15, 0.2) is 0 Å². The average Bonchev–Trinajstić information content (AvgIpc) is 2.76. The summed E-state index contributed by atoms with van der Waals surface area (Å²) in [5.41, 5.74) is 0.282. The molecule has 0 aliphatic carbocycles. The SMILES string of the molecule is CC(C)C(=O)N1CCC2(CCCN2)C1. The predicted octanol–water partition coefficient (Wildman–Crippen LogP) is 0.997. The molecule has 14 heavy (non-hydrogen) atoms. The van der Waals surface area contributed by atoms with Crippen molar-refractivity contribution < 1.29 is 4.79 Å². The van der Waals surface area contributed by atoms with E-state index >= 15 is 0 Å². The summed E-state index contributed by atoms with van der Waals surface area (Å²) in [5, 5.41) is 3.56. The van der Waals surface area contributed by atoms with Crippen LogP contribution in [-0.4, -0.2) is 36.0 Å². The molecule has 0 radical (unpaired) electrons. The van der Waals surface area contributed by atoms with Gasteiger partial charge in [0.1, 0.15) is 0 Å². The van der Waals surface area contributed by atoms with Gasteiger partial charge in [-0.05, 0) is 25.8 Å². The summed E-state index contributed by atoms with van der Waals surface area (Å²) in [6.07, 6.45) is 3.66. The number of nitrogens with zero attached hydrogens (tertiary/aromatic N) is 1. The lowest BCUT2D eigenvalue weighted by molar-refractivity contribution is -0.133. The zero-order valence-corrected chi connectivity index (χ0v) is 9.18. The number of rotatable bonds is 1. The summed E-state index contributed by atoms with van der Waals surface area (Å²) in [5.74, 6) is 0.460. The third-order valence-corrected chi connectivity index (χ3v) is 3.49. The van der Waals surface area contributed by atoms with Crippen LogP contribution in [0.2, 0.25) is 0 Å². The molecule has 0 aromatic carbocycles. The van der Waals surface area contributed by atoms with Gasteiger partial charge < -0.3 is 10.2 Å². The molecule has 0 aromatic rings. The summed E-state index contributed by atoms with van der Waals surface area (Å²) >= 11 is 0. The fourth-order valence-electron chi connectivity index (χ4n) is 2.64. The fraction of sp³-hybridized carbons (Fsp3) is 0.909. The molecule has 2 saturated heterocycles. The number of carbonyl (C=O) groups is 1. The lowest BCUT2D eigenvalue weighted by atomic mass is 9.97. The molecule has 3 heteroatoms. The van der Waals surface area contributed by atoms with E-state index in [1.165, 1.54) is 12.8 Å². The van der Waals surface area contributed by atoms with Gasteiger partial charge in [-0.25, -0.2) is 0 Å². The molecule has 0 aromatic heterocycles. The van der Waals surface area contributed by atoms with E-state index in [9.17, 15) is 4.79 Å². The van der Waals surface area contributed by atoms with E-state index < -0.39 is 0 Å². The van der Waals surface area contributed by atoms with Crippen molar-refractivity contribution in [1.29, 1.82) is 0 Å². The zero-order valence-electron chi connectivity index (χ0n) is 9.18. The molecule has 1 unspecified atom stereocenters. The highest BCUT2D eigenvalue weighted by molar-refractivity contribution is 5.78. The molecule has 80 valence electrons. The number of hydrogen-bond donors (Lipinski definition) is 1. The second-order valence-electron chi connectivity index (χ2n) is 4.98. The summed E-state index contributed by atoms with van der Waals surface area (Å²) in [6.45, 7) is 6.97. The Bertz CT molecular complexity index is 231. The summed E-state index contributed by atoms with van der Waals surface area (Å²) < 4.78 is 0. The fourth-order valence-corrected chi connectivity index (χ4v) is 2.64. The van der Waals surface area contributed by atoms with Crippen molar-refractivity contribution in [2.24, 2.45) is 5.92 Å². The van der Waals surface area contributed by atoms with Crippen LogP contribution < -0.4 is 5.32 Å². The Balaban J connectivity index is 1.97. The normalized spacial score (nSPS) is 32.1. The van der Waals surface area contributed by atoms with E-state index in [0.717, 1.165) is 26.1 Å². The van der Waals surface area contributed by atoms with Gasteiger partial charge in [0, 0.05) is 24.5 Å². The molecular formula is C11H20N2O. The lowest BCUT2D eigenvalue weighted by Gasteiger charge is -2.25. The summed E-state index contributed by atoms with van der Waals surface area (Å²) in [4.78, 5) is 13.8. The molecule has 3 nitrogen and oxygen atoms in total. The van der Waals surface area contributed by atoms with Crippen LogP contribution in [0.4, 0.5) is 0 Å². The number of amides is 1. The third kappa shape index (κ3) is 1.65. The predicted molar refractivity (Wildman–Crippen MR) is 56.0 cm³/mol. The third-order valence-electron chi connectivity index (χ3n) is 3.49. The summed E-state index contributed by atoms with van der Waals surface area (Å²) in [6, 6.07) is 0. The number of carbonyl (C=O) groups excluding carboxylic acids is 1. The molecule has 2 rings (SSSR count). The van der Waals surface area contributed by atoms with Crippen molar-refractivity contribution in [1.82, 2.24) is 10.2 Å². The molecule has 1 spiro atoms. The van der Waals surface area contributed by atoms with Crippen LogP contribution in [0.15, 0.2) is 0 Å². The van der Waals surface area contributed by atoms with E-state index in [1.807, 2.05) is 18.7 Å². The lowest BCUT2D eigenvalue weighted by Crippen LogP contribution is -2.44. The molecule has 2 aliphatic rings. The summed E-state index contributed by atoms with van der Waals surface area (Å²) in [7, 11) is 0. The van der Waals surface area contributed by atoms with Crippen LogP contribution >= 0.6 is 0 Å². The number of hydrogen-bond acceptors (Lipinski definition) is 2. The van der Waals surface area contributed by atoms with Crippen LogP contribution in [-0.2, 0) is 4.79 Å². The first-order valence-corrected chi connectivity index (χ1v) is 5.67. The maximum absolute atomic E-state index is 11.8. The van der Waals surface area contributed by atoms with E-state index in [1.54, 1.807) is 0 Å². The first-order valence-electron chi connectivity index (χ1n) is 5.67. The van der Waals surface area contributed by atoms with E-state index in [-0.39, 0.29) is 11.5 Å². The van der Waals surface area contributed by atoms with Crippen LogP contribution in [0.1, 0.15) is 33.1 Å². The van der Waals surface area contributed by atoms with Gasteiger partial charge >= 0.3 is 0 Å². The molecule has 2 aliphatic heterocycles. The van der Waals surface area contributed by atoms with Gasteiger partial charge in [-0.2, -0.15) is 0 Å². The number of nitrogens with one attached hydrogen (secondary N) is 1. The maximum Gasteiger partial charge on any atom is 0.225 e. The largest absolute Gasteiger partial charge is 0.341 e. The Morgan fingerprint density at radius 3 is 2.79 bits per heavy atom. The minimum Gasteiger partial charge on any atom is -0.341 e.